The van der Waals surface area contributed by atoms with Crippen LogP contribution in [0.1, 0.15) is 5.69 Å². The summed E-state index contributed by atoms with van der Waals surface area (Å²) >= 11 is 5.94. The maximum atomic E-state index is 12.0. The summed E-state index contributed by atoms with van der Waals surface area (Å²) in [4.78, 5) is 12.0. The molecule has 0 fully saturated rings. The molecule has 0 saturated heterocycles. The second-order valence-electron chi connectivity index (χ2n) is 4.51. The first-order valence-corrected chi connectivity index (χ1v) is 6.63. The molecule has 3 rings (SSSR count). The van der Waals surface area contributed by atoms with Gasteiger partial charge in [0.05, 0.1) is 17.1 Å². The van der Waals surface area contributed by atoms with E-state index in [4.69, 9.17) is 16.1 Å². The molecule has 106 valence electrons. The molecule has 0 aliphatic heterocycles. The Morgan fingerprint density at radius 2 is 2.10 bits per heavy atom. The van der Waals surface area contributed by atoms with Gasteiger partial charge in [0.15, 0.2) is 5.58 Å². The third kappa shape index (κ3) is 2.83. The molecule has 0 aliphatic rings. The quantitative estimate of drug-likeness (QED) is 0.727. The summed E-state index contributed by atoms with van der Waals surface area (Å²) in [5.74, 6) is -0.220. The van der Waals surface area contributed by atoms with E-state index in [1.165, 1.54) is 18.2 Å². The van der Waals surface area contributed by atoms with Gasteiger partial charge in [-0.1, -0.05) is 28.9 Å². The fraction of sp³-hybridized carbons (Fsp3) is 0.0667. The Morgan fingerprint density at radius 1 is 1.29 bits per heavy atom. The number of aromatic nitrogens is 1. The zero-order valence-electron chi connectivity index (χ0n) is 10.8. The molecule has 0 saturated carbocycles. The number of rotatable bonds is 3. The van der Waals surface area contributed by atoms with Gasteiger partial charge < -0.3 is 14.9 Å². The van der Waals surface area contributed by atoms with Crippen molar-refractivity contribution in [2.75, 3.05) is 5.32 Å². The minimum atomic E-state index is -0.262. The monoisotopic (exact) mass is 302 g/mol. The zero-order valence-corrected chi connectivity index (χ0v) is 11.6. The highest BCUT2D eigenvalue weighted by atomic mass is 35.5. The normalized spacial score (nSPS) is 10.7. The third-order valence-corrected chi connectivity index (χ3v) is 3.32. The molecule has 1 aromatic heterocycles. The average molecular weight is 303 g/mol. The fourth-order valence-electron chi connectivity index (χ4n) is 2.02. The molecule has 0 unspecified atom stereocenters. The summed E-state index contributed by atoms with van der Waals surface area (Å²) in [7, 11) is 0. The van der Waals surface area contributed by atoms with Crippen LogP contribution in [0.3, 0.4) is 0 Å². The van der Waals surface area contributed by atoms with E-state index in [0.717, 1.165) is 5.39 Å². The van der Waals surface area contributed by atoms with Crippen molar-refractivity contribution in [3.05, 3.63) is 53.2 Å². The Morgan fingerprint density at radius 3 is 2.90 bits per heavy atom. The number of fused-ring (bicyclic) bond motifs is 1. The van der Waals surface area contributed by atoms with Gasteiger partial charge in [-0.15, -0.1) is 0 Å². The number of phenolic OH excluding ortho intramolecular Hbond substituents is 1. The van der Waals surface area contributed by atoms with Crippen molar-refractivity contribution in [2.45, 2.75) is 6.42 Å². The molecular weight excluding hydrogens is 292 g/mol. The number of para-hydroxylation sites is 1. The van der Waals surface area contributed by atoms with E-state index in [1.807, 2.05) is 18.2 Å². The number of hydrogen-bond donors (Lipinski definition) is 2. The van der Waals surface area contributed by atoms with Gasteiger partial charge in [0, 0.05) is 11.5 Å². The molecule has 0 spiro atoms. The van der Waals surface area contributed by atoms with Crippen LogP contribution in [-0.2, 0) is 11.2 Å². The van der Waals surface area contributed by atoms with Gasteiger partial charge in [0.1, 0.15) is 11.4 Å². The molecule has 0 aliphatic carbocycles. The Hall–Kier alpha value is -2.53. The molecule has 1 amide bonds. The number of phenols is 1. The van der Waals surface area contributed by atoms with Crippen LogP contribution in [0.15, 0.2) is 47.0 Å². The molecule has 2 N–H and O–H groups in total. The van der Waals surface area contributed by atoms with E-state index in [2.05, 4.69) is 10.5 Å². The lowest BCUT2D eigenvalue weighted by Crippen LogP contribution is -2.15. The molecule has 0 radical (unpaired) electrons. The number of nitrogens with one attached hydrogen (secondary N) is 1. The molecule has 2 aromatic carbocycles. The summed E-state index contributed by atoms with van der Waals surface area (Å²) < 4.78 is 5.15. The van der Waals surface area contributed by atoms with Gasteiger partial charge in [0.25, 0.3) is 0 Å². The molecular formula is C15H11ClN2O3. The number of hydrogen-bond acceptors (Lipinski definition) is 4. The number of aromatic hydroxyl groups is 1. The Bertz CT molecular complexity index is 814. The number of halogens is 1. The van der Waals surface area contributed by atoms with Crippen LogP contribution in [0.5, 0.6) is 5.75 Å². The van der Waals surface area contributed by atoms with Crippen molar-refractivity contribution in [3.8, 4) is 5.75 Å². The fourth-order valence-corrected chi connectivity index (χ4v) is 2.24. The lowest BCUT2D eigenvalue weighted by Gasteiger charge is -2.06. The van der Waals surface area contributed by atoms with E-state index >= 15 is 0 Å². The van der Waals surface area contributed by atoms with Crippen molar-refractivity contribution in [1.29, 1.82) is 0 Å². The average Bonchev–Trinajstić information content (AvgIpc) is 2.85. The first kappa shape index (κ1) is 13.5. The number of nitrogens with zero attached hydrogens (tertiary/aromatic N) is 1. The van der Waals surface area contributed by atoms with Gasteiger partial charge in [-0.3, -0.25) is 4.79 Å². The van der Waals surface area contributed by atoms with E-state index in [9.17, 15) is 9.90 Å². The molecule has 0 bridgehead atoms. The zero-order chi connectivity index (χ0) is 14.8. The summed E-state index contributed by atoms with van der Waals surface area (Å²) in [5.41, 5.74) is 1.65. The van der Waals surface area contributed by atoms with Crippen LogP contribution in [0.25, 0.3) is 11.0 Å². The van der Waals surface area contributed by atoms with Crippen LogP contribution >= 0.6 is 11.6 Å². The van der Waals surface area contributed by atoms with Crippen molar-refractivity contribution < 1.29 is 14.4 Å². The lowest BCUT2D eigenvalue weighted by molar-refractivity contribution is -0.115. The summed E-state index contributed by atoms with van der Waals surface area (Å²) in [6, 6.07) is 11.7. The summed E-state index contributed by atoms with van der Waals surface area (Å²) in [5, 5.41) is 16.9. The molecule has 21 heavy (non-hydrogen) atoms. The number of carbonyl (C=O) groups excluding carboxylic acids is 1. The number of amides is 1. The first-order chi connectivity index (χ1) is 10.1. The SMILES string of the molecule is O=C(Cc1noc2ccccc12)Nc1ccc(O)cc1Cl. The van der Waals surface area contributed by atoms with Crippen LogP contribution in [-0.4, -0.2) is 16.2 Å². The van der Waals surface area contributed by atoms with Crippen molar-refractivity contribution in [1.82, 2.24) is 5.16 Å². The van der Waals surface area contributed by atoms with E-state index in [-0.39, 0.29) is 23.1 Å². The lowest BCUT2D eigenvalue weighted by atomic mass is 10.1. The maximum Gasteiger partial charge on any atom is 0.230 e. The topological polar surface area (TPSA) is 75.4 Å². The van der Waals surface area contributed by atoms with Crippen molar-refractivity contribution >= 4 is 34.2 Å². The van der Waals surface area contributed by atoms with Gasteiger partial charge in [-0.2, -0.15) is 0 Å². The highest BCUT2D eigenvalue weighted by Gasteiger charge is 2.13. The minimum absolute atomic E-state index is 0.0421. The Labute approximate surface area is 125 Å². The summed E-state index contributed by atoms with van der Waals surface area (Å²) in [6.45, 7) is 0. The first-order valence-electron chi connectivity index (χ1n) is 6.25. The second kappa shape index (κ2) is 5.46. The number of anilines is 1. The van der Waals surface area contributed by atoms with Crippen molar-refractivity contribution in [3.63, 3.8) is 0 Å². The minimum Gasteiger partial charge on any atom is -0.508 e. The van der Waals surface area contributed by atoms with Crippen molar-refractivity contribution in [2.24, 2.45) is 0 Å². The number of benzene rings is 2. The molecule has 3 aromatic rings. The summed E-state index contributed by atoms with van der Waals surface area (Å²) in [6.07, 6.45) is 0.0776. The molecule has 1 heterocycles. The smallest absolute Gasteiger partial charge is 0.230 e. The standard InChI is InChI=1S/C15H11ClN2O3/c16-11-7-9(19)5-6-12(11)17-15(20)8-13-10-3-1-2-4-14(10)21-18-13/h1-7,19H,8H2,(H,17,20). The van der Waals surface area contributed by atoms with E-state index in [1.54, 1.807) is 6.07 Å². The second-order valence-corrected chi connectivity index (χ2v) is 4.92. The predicted octanol–water partition coefficient (Wildman–Crippen LogP) is 3.37. The van der Waals surface area contributed by atoms with Gasteiger partial charge in [0.2, 0.25) is 5.91 Å². The van der Waals surface area contributed by atoms with Gasteiger partial charge in [-0.25, -0.2) is 0 Å². The van der Waals surface area contributed by atoms with Crippen LogP contribution in [0, 0.1) is 0 Å². The Kier molecular flexibility index (Phi) is 3.50. The highest BCUT2D eigenvalue weighted by molar-refractivity contribution is 6.33. The molecule has 5 nitrogen and oxygen atoms in total. The van der Waals surface area contributed by atoms with Crippen LogP contribution in [0.4, 0.5) is 5.69 Å². The van der Waals surface area contributed by atoms with E-state index < -0.39 is 0 Å². The highest BCUT2D eigenvalue weighted by Crippen LogP contribution is 2.26. The van der Waals surface area contributed by atoms with Gasteiger partial charge >= 0.3 is 0 Å². The third-order valence-electron chi connectivity index (χ3n) is 3.01. The molecule has 0 atom stereocenters. The maximum absolute atomic E-state index is 12.0. The van der Waals surface area contributed by atoms with Crippen LogP contribution < -0.4 is 5.32 Å². The number of carbonyl (C=O) groups is 1. The largest absolute Gasteiger partial charge is 0.508 e. The van der Waals surface area contributed by atoms with Crippen LogP contribution in [0.2, 0.25) is 5.02 Å². The Balaban J connectivity index is 1.77. The predicted molar refractivity (Wildman–Crippen MR) is 79.5 cm³/mol. The molecule has 6 heteroatoms. The van der Waals surface area contributed by atoms with Gasteiger partial charge in [-0.05, 0) is 24.3 Å². The van der Waals surface area contributed by atoms with E-state index in [0.29, 0.717) is 17.0 Å².